The number of alkyl halides is 3. The molecule has 1 atom stereocenters. The maximum absolute atomic E-state index is 13.9. The highest BCUT2D eigenvalue weighted by Crippen LogP contribution is 2.47. The minimum absolute atomic E-state index is 0.0457. The van der Waals surface area contributed by atoms with E-state index in [1.165, 1.54) is 18.2 Å². The maximum atomic E-state index is 13.9. The van der Waals surface area contributed by atoms with Crippen molar-refractivity contribution in [3.05, 3.63) is 40.4 Å². The van der Waals surface area contributed by atoms with Crippen LogP contribution in [0.1, 0.15) is 24.0 Å². The average Bonchev–Trinajstić information content (AvgIpc) is 3.29. The highest BCUT2D eigenvalue weighted by molar-refractivity contribution is 6.31. The number of allylic oxidation sites excluding steroid dienone is 1. The van der Waals surface area contributed by atoms with Crippen molar-refractivity contribution in [1.29, 1.82) is 0 Å². The van der Waals surface area contributed by atoms with Crippen LogP contribution in [0, 0.1) is 5.92 Å². The highest BCUT2D eigenvalue weighted by atomic mass is 35.5. The Morgan fingerprint density at radius 1 is 1.38 bits per heavy atom. The number of urea groups is 1. The van der Waals surface area contributed by atoms with Crippen molar-refractivity contribution in [2.75, 3.05) is 11.9 Å². The molecule has 24 heavy (non-hydrogen) atoms. The number of rotatable bonds is 4. The summed E-state index contributed by atoms with van der Waals surface area (Å²) in [4.78, 5) is 11.9. The Labute approximate surface area is 141 Å². The molecule has 1 aromatic rings. The van der Waals surface area contributed by atoms with Crippen molar-refractivity contribution in [1.82, 2.24) is 5.32 Å². The topological polar surface area (TPSA) is 61.4 Å². The van der Waals surface area contributed by atoms with Gasteiger partial charge in [-0.3, -0.25) is 0 Å². The summed E-state index contributed by atoms with van der Waals surface area (Å²) in [5, 5.41) is 13.6. The summed E-state index contributed by atoms with van der Waals surface area (Å²) < 4.78 is 41.8. The van der Waals surface area contributed by atoms with Crippen LogP contribution in [0.15, 0.2) is 24.3 Å². The number of aliphatic hydroxyl groups is 1. The first-order chi connectivity index (χ1) is 11.3. The number of carbonyl (C=O) groups is 1. The van der Waals surface area contributed by atoms with Crippen LogP contribution in [0.3, 0.4) is 0 Å². The van der Waals surface area contributed by atoms with E-state index in [1.807, 2.05) is 5.32 Å². The number of hydrogen-bond donors (Lipinski definition) is 3. The van der Waals surface area contributed by atoms with Crippen LogP contribution in [0.2, 0.25) is 5.02 Å². The number of amides is 2. The molecular weight excluding hydrogens is 345 g/mol. The first kappa shape index (κ1) is 17.1. The first-order valence-corrected chi connectivity index (χ1v) is 7.93. The van der Waals surface area contributed by atoms with Crippen molar-refractivity contribution >= 4 is 23.3 Å². The lowest BCUT2D eigenvalue weighted by Gasteiger charge is -2.39. The number of halogens is 4. The fraction of sp³-hybridized carbons (Fsp3) is 0.438. The Kier molecular flexibility index (Phi) is 4.25. The predicted octanol–water partition coefficient (Wildman–Crippen LogP) is 3.73. The van der Waals surface area contributed by atoms with E-state index < -0.39 is 17.7 Å². The third-order valence-electron chi connectivity index (χ3n) is 4.24. The molecule has 3 rings (SSSR count). The van der Waals surface area contributed by atoms with Gasteiger partial charge in [-0.2, -0.15) is 13.2 Å². The number of nitrogens with one attached hydrogen (secondary N) is 2. The minimum Gasteiger partial charge on any atom is -0.396 e. The second-order valence-corrected chi connectivity index (χ2v) is 6.45. The molecule has 0 radical (unpaired) electrons. The second kappa shape index (κ2) is 5.97. The van der Waals surface area contributed by atoms with Crippen LogP contribution in [-0.4, -0.2) is 23.9 Å². The summed E-state index contributed by atoms with van der Waals surface area (Å²) in [5.74, 6) is 0.114. The minimum atomic E-state index is -4.73. The molecule has 2 amide bonds. The Morgan fingerprint density at radius 3 is 2.67 bits per heavy atom. The lowest BCUT2D eigenvalue weighted by Crippen LogP contribution is -2.59. The van der Waals surface area contributed by atoms with Gasteiger partial charge in [0.05, 0.1) is 0 Å². The number of hydrogen-bond acceptors (Lipinski definition) is 2. The molecule has 0 bridgehead atoms. The van der Waals surface area contributed by atoms with Crippen LogP contribution >= 0.6 is 11.6 Å². The fourth-order valence-electron chi connectivity index (χ4n) is 2.78. The van der Waals surface area contributed by atoms with Crippen LogP contribution < -0.4 is 10.6 Å². The Hall–Kier alpha value is -1.73. The summed E-state index contributed by atoms with van der Waals surface area (Å²) in [6.45, 7) is -0.198. The largest absolute Gasteiger partial charge is 0.419 e. The van der Waals surface area contributed by atoms with E-state index in [4.69, 9.17) is 16.7 Å². The molecular formula is C16H16ClF3N2O2. The molecule has 1 saturated carbocycles. The van der Waals surface area contributed by atoms with Gasteiger partial charge in [0.25, 0.3) is 0 Å². The monoisotopic (exact) mass is 360 g/mol. The van der Waals surface area contributed by atoms with E-state index in [-0.39, 0.29) is 35.2 Å². The summed E-state index contributed by atoms with van der Waals surface area (Å²) >= 11 is 6.09. The van der Waals surface area contributed by atoms with E-state index >= 15 is 0 Å². The summed E-state index contributed by atoms with van der Waals surface area (Å²) in [6, 6.07) is 1.66. The van der Waals surface area contributed by atoms with E-state index in [1.54, 1.807) is 0 Å². The molecule has 1 heterocycles. The van der Waals surface area contributed by atoms with E-state index in [0.29, 0.717) is 5.56 Å². The Bertz CT molecular complexity index is 701. The third-order valence-corrected chi connectivity index (χ3v) is 4.59. The average molecular weight is 361 g/mol. The molecule has 0 saturated heterocycles. The van der Waals surface area contributed by atoms with Crippen LogP contribution in [0.25, 0.3) is 0 Å². The molecule has 3 N–H and O–H groups in total. The van der Waals surface area contributed by atoms with Gasteiger partial charge in [-0.25, -0.2) is 4.79 Å². The molecule has 4 nitrogen and oxygen atoms in total. The van der Waals surface area contributed by atoms with Crippen molar-refractivity contribution in [2.24, 2.45) is 5.92 Å². The van der Waals surface area contributed by atoms with Gasteiger partial charge >= 0.3 is 12.2 Å². The van der Waals surface area contributed by atoms with E-state index in [9.17, 15) is 18.0 Å². The van der Waals surface area contributed by atoms with Crippen LogP contribution in [0.4, 0.5) is 23.7 Å². The predicted molar refractivity (Wildman–Crippen MR) is 84.0 cm³/mol. The van der Waals surface area contributed by atoms with Crippen molar-refractivity contribution in [3.8, 4) is 0 Å². The van der Waals surface area contributed by atoms with Gasteiger partial charge in [0.2, 0.25) is 0 Å². The van der Waals surface area contributed by atoms with Gasteiger partial charge in [0, 0.05) is 22.9 Å². The summed E-state index contributed by atoms with van der Waals surface area (Å²) in [6.07, 6.45) is -0.332. The standard InChI is InChI=1S/C16H16ClF3N2O2/c17-12-8-11-13(7-10(12)4-6-23)21-14(24)22-15(11,16(18,19)20)5-3-9-1-2-9/h3,5,7-9,23H,1-2,4,6H2,(H2,21,22,24)/b5-3+/t15-/m0/s1. The van der Waals surface area contributed by atoms with Gasteiger partial charge in [-0.1, -0.05) is 17.7 Å². The molecule has 1 aromatic carbocycles. The molecule has 1 aliphatic carbocycles. The fourth-order valence-corrected chi connectivity index (χ4v) is 3.04. The zero-order valence-corrected chi connectivity index (χ0v) is 13.3. The molecule has 1 fully saturated rings. The number of anilines is 1. The number of fused-ring (bicyclic) bond motifs is 1. The van der Waals surface area contributed by atoms with Crippen LogP contribution in [-0.2, 0) is 12.0 Å². The molecule has 0 spiro atoms. The zero-order chi connectivity index (χ0) is 17.5. The lowest BCUT2D eigenvalue weighted by molar-refractivity contribution is -0.181. The van der Waals surface area contributed by atoms with Crippen LogP contribution in [0.5, 0.6) is 0 Å². The molecule has 0 unspecified atom stereocenters. The highest BCUT2D eigenvalue weighted by Gasteiger charge is 2.58. The Morgan fingerprint density at radius 2 is 2.08 bits per heavy atom. The number of carbonyl (C=O) groups excluding carboxylic acids is 1. The number of aliphatic hydroxyl groups excluding tert-OH is 1. The van der Waals surface area contributed by atoms with Crippen molar-refractivity contribution < 1.29 is 23.1 Å². The summed E-state index contributed by atoms with van der Waals surface area (Å²) in [7, 11) is 0. The molecule has 2 aliphatic rings. The first-order valence-electron chi connectivity index (χ1n) is 7.56. The van der Waals surface area contributed by atoms with Crippen molar-refractivity contribution in [2.45, 2.75) is 31.0 Å². The SMILES string of the molecule is O=C1Nc2cc(CCO)c(Cl)cc2[C@@](/C=C/C2CC2)(C(F)(F)F)N1. The molecule has 0 aromatic heterocycles. The molecule has 8 heteroatoms. The molecule has 130 valence electrons. The van der Waals surface area contributed by atoms with Gasteiger partial charge in [0.15, 0.2) is 5.54 Å². The quantitative estimate of drug-likeness (QED) is 0.716. The van der Waals surface area contributed by atoms with E-state index in [2.05, 4.69) is 5.32 Å². The summed E-state index contributed by atoms with van der Waals surface area (Å²) in [5.41, 5.74) is -2.25. The lowest BCUT2D eigenvalue weighted by atomic mass is 9.84. The third kappa shape index (κ3) is 2.98. The van der Waals surface area contributed by atoms with Gasteiger partial charge < -0.3 is 15.7 Å². The Balaban J connectivity index is 2.17. The van der Waals surface area contributed by atoms with Crippen molar-refractivity contribution in [3.63, 3.8) is 0 Å². The normalized spacial score (nSPS) is 23.8. The van der Waals surface area contributed by atoms with E-state index in [0.717, 1.165) is 18.9 Å². The maximum Gasteiger partial charge on any atom is 0.419 e. The number of benzene rings is 1. The van der Waals surface area contributed by atoms with Gasteiger partial charge in [0.1, 0.15) is 0 Å². The zero-order valence-electron chi connectivity index (χ0n) is 12.6. The second-order valence-electron chi connectivity index (χ2n) is 6.04. The smallest absolute Gasteiger partial charge is 0.396 e. The van der Waals surface area contributed by atoms with Gasteiger partial charge in [-0.15, -0.1) is 0 Å². The van der Waals surface area contributed by atoms with Gasteiger partial charge in [-0.05, 0) is 49.0 Å². The molecule has 1 aliphatic heterocycles.